The fourth-order valence-corrected chi connectivity index (χ4v) is 5.42. The van der Waals surface area contributed by atoms with Gasteiger partial charge in [-0.25, -0.2) is 4.98 Å². The van der Waals surface area contributed by atoms with Crippen LogP contribution in [0.15, 0.2) is 34.2 Å². The first-order valence-corrected chi connectivity index (χ1v) is 11.3. The van der Waals surface area contributed by atoms with Crippen molar-refractivity contribution < 1.29 is 0 Å². The van der Waals surface area contributed by atoms with Crippen LogP contribution < -0.4 is 16.3 Å². The number of fused-ring (bicyclic) bond motifs is 3. The van der Waals surface area contributed by atoms with Crippen molar-refractivity contribution >= 4 is 56.3 Å². The van der Waals surface area contributed by atoms with Crippen LogP contribution in [0.25, 0.3) is 10.2 Å². The highest BCUT2D eigenvalue weighted by Crippen LogP contribution is 2.34. The molecule has 0 saturated heterocycles. The summed E-state index contributed by atoms with van der Waals surface area (Å²) in [6.07, 6.45) is 6.23. The average molecular weight is 417 g/mol. The third-order valence-electron chi connectivity index (χ3n) is 4.63. The molecule has 0 fully saturated rings. The summed E-state index contributed by atoms with van der Waals surface area (Å²) in [7, 11) is 0. The highest BCUT2D eigenvalue weighted by Gasteiger charge is 2.22. The monoisotopic (exact) mass is 416 g/mol. The molecule has 0 amide bonds. The van der Waals surface area contributed by atoms with E-state index < -0.39 is 0 Å². The summed E-state index contributed by atoms with van der Waals surface area (Å²) in [5, 5.41) is 4.86. The second kappa shape index (κ2) is 7.61. The van der Waals surface area contributed by atoms with Crippen LogP contribution in [0.5, 0.6) is 0 Å². The van der Waals surface area contributed by atoms with Gasteiger partial charge >= 0.3 is 0 Å². The maximum atomic E-state index is 13.2. The third kappa shape index (κ3) is 3.61. The lowest BCUT2D eigenvalue weighted by Crippen LogP contribution is -2.37. The number of hydrogen-bond donors (Lipinski definition) is 2. The van der Waals surface area contributed by atoms with Crippen LogP contribution >= 0.6 is 35.3 Å². The van der Waals surface area contributed by atoms with Gasteiger partial charge in [0.2, 0.25) is 0 Å². The summed E-state index contributed by atoms with van der Waals surface area (Å²) in [6, 6.07) is 7.93. The SMILES string of the molecule is CSc1nc2sc3c(c2c(=O)n1NC(=S)Nc1cccc(C)c1)CCCC3. The van der Waals surface area contributed by atoms with Crippen molar-refractivity contribution in [2.45, 2.75) is 37.8 Å². The number of rotatable bonds is 3. The van der Waals surface area contributed by atoms with E-state index in [1.54, 1.807) is 11.3 Å². The minimum atomic E-state index is -0.0721. The van der Waals surface area contributed by atoms with Crippen molar-refractivity contribution in [3.05, 3.63) is 50.6 Å². The molecule has 2 aromatic heterocycles. The van der Waals surface area contributed by atoms with Crippen LogP contribution in [0.2, 0.25) is 0 Å². The fourth-order valence-electron chi connectivity index (χ4n) is 3.41. The van der Waals surface area contributed by atoms with Crippen LogP contribution in [0.1, 0.15) is 28.8 Å². The Morgan fingerprint density at radius 3 is 2.93 bits per heavy atom. The van der Waals surface area contributed by atoms with Gasteiger partial charge in [-0.15, -0.1) is 11.3 Å². The normalized spacial score (nSPS) is 13.4. The van der Waals surface area contributed by atoms with E-state index in [1.165, 1.54) is 33.3 Å². The van der Waals surface area contributed by atoms with E-state index in [0.29, 0.717) is 10.3 Å². The van der Waals surface area contributed by atoms with Crippen molar-refractivity contribution in [1.29, 1.82) is 0 Å². The summed E-state index contributed by atoms with van der Waals surface area (Å²) in [5.74, 6) is 0. The van der Waals surface area contributed by atoms with Gasteiger partial charge in [0.1, 0.15) is 4.83 Å². The molecule has 3 aromatic rings. The lowest BCUT2D eigenvalue weighted by Gasteiger charge is -2.16. The van der Waals surface area contributed by atoms with E-state index in [-0.39, 0.29) is 5.56 Å². The molecular formula is C19H20N4OS3. The number of thiocarbonyl (C=S) groups is 1. The molecule has 1 aliphatic carbocycles. The summed E-state index contributed by atoms with van der Waals surface area (Å²) in [4.78, 5) is 20.1. The molecule has 0 bridgehead atoms. The van der Waals surface area contributed by atoms with Gasteiger partial charge in [0, 0.05) is 10.6 Å². The summed E-state index contributed by atoms with van der Waals surface area (Å²) in [5.41, 5.74) is 6.16. The van der Waals surface area contributed by atoms with Crippen molar-refractivity contribution in [3.63, 3.8) is 0 Å². The number of nitrogens with zero attached hydrogens (tertiary/aromatic N) is 2. The number of thioether (sulfide) groups is 1. The van der Waals surface area contributed by atoms with Crippen LogP contribution in [0.3, 0.4) is 0 Å². The molecule has 4 rings (SSSR count). The molecule has 1 aromatic carbocycles. The van der Waals surface area contributed by atoms with E-state index >= 15 is 0 Å². The van der Waals surface area contributed by atoms with Crippen LogP contribution in [-0.2, 0) is 12.8 Å². The fraction of sp³-hybridized carbons (Fsp3) is 0.316. The van der Waals surface area contributed by atoms with E-state index in [2.05, 4.69) is 10.7 Å². The van der Waals surface area contributed by atoms with Crippen LogP contribution in [0, 0.1) is 6.92 Å². The van der Waals surface area contributed by atoms with Gasteiger partial charge in [0.25, 0.3) is 5.56 Å². The molecule has 2 heterocycles. The molecular weight excluding hydrogens is 396 g/mol. The molecule has 0 atom stereocenters. The van der Waals surface area contributed by atoms with Crippen LogP contribution in [0.4, 0.5) is 5.69 Å². The van der Waals surface area contributed by atoms with Gasteiger partial charge in [-0.1, -0.05) is 23.9 Å². The second-order valence-corrected chi connectivity index (χ2v) is 8.83. The highest BCUT2D eigenvalue weighted by atomic mass is 32.2. The first-order chi connectivity index (χ1) is 13.1. The lowest BCUT2D eigenvalue weighted by atomic mass is 9.97. The first kappa shape index (κ1) is 18.5. The molecule has 0 aliphatic heterocycles. The van der Waals surface area contributed by atoms with Crippen molar-refractivity contribution in [3.8, 4) is 0 Å². The number of nitrogens with one attached hydrogen (secondary N) is 2. The van der Waals surface area contributed by atoms with Crippen molar-refractivity contribution in [2.75, 3.05) is 17.0 Å². The number of thiophene rings is 1. The Morgan fingerprint density at radius 1 is 1.33 bits per heavy atom. The van der Waals surface area contributed by atoms with E-state index in [4.69, 9.17) is 17.2 Å². The Kier molecular flexibility index (Phi) is 5.21. The standard InChI is InChI=1S/C19H20N4OS3/c1-11-6-5-7-12(10-11)20-18(25)22-23-17(24)15-13-8-3-4-9-14(13)27-16(15)21-19(23)26-2/h5-7,10H,3-4,8-9H2,1-2H3,(H2,20,22,25). The Balaban J connectivity index is 1.71. The molecule has 0 spiro atoms. The predicted octanol–water partition coefficient (Wildman–Crippen LogP) is 4.31. The van der Waals surface area contributed by atoms with Gasteiger partial charge in [-0.05, 0) is 74.3 Å². The Labute approximate surface area is 171 Å². The maximum Gasteiger partial charge on any atom is 0.282 e. The molecule has 0 saturated carbocycles. The smallest absolute Gasteiger partial charge is 0.282 e. The summed E-state index contributed by atoms with van der Waals surface area (Å²) >= 11 is 8.53. The number of hydrogen-bond acceptors (Lipinski definition) is 5. The Hall–Kier alpha value is -1.90. The molecule has 2 N–H and O–H groups in total. The number of aryl methyl sites for hydroxylation is 3. The zero-order valence-electron chi connectivity index (χ0n) is 15.2. The third-order valence-corrected chi connectivity index (χ3v) is 6.65. The minimum Gasteiger partial charge on any atom is -0.331 e. The number of anilines is 1. The van der Waals surface area contributed by atoms with Gasteiger partial charge in [0.15, 0.2) is 10.3 Å². The van der Waals surface area contributed by atoms with Crippen molar-refractivity contribution in [1.82, 2.24) is 9.66 Å². The zero-order chi connectivity index (χ0) is 19.0. The predicted molar refractivity (Wildman–Crippen MR) is 119 cm³/mol. The molecule has 0 unspecified atom stereocenters. The van der Waals surface area contributed by atoms with Gasteiger partial charge < -0.3 is 5.32 Å². The van der Waals surface area contributed by atoms with Gasteiger partial charge in [-0.2, -0.15) is 4.68 Å². The number of benzene rings is 1. The second-order valence-electron chi connectivity index (χ2n) is 6.57. The lowest BCUT2D eigenvalue weighted by molar-refractivity contribution is 0.698. The zero-order valence-corrected chi connectivity index (χ0v) is 17.6. The molecule has 27 heavy (non-hydrogen) atoms. The van der Waals surface area contributed by atoms with Gasteiger partial charge in [0.05, 0.1) is 5.39 Å². The molecule has 0 radical (unpaired) electrons. The summed E-state index contributed by atoms with van der Waals surface area (Å²) < 4.78 is 1.47. The van der Waals surface area contributed by atoms with Gasteiger partial charge in [-0.3, -0.25) is 10.2 Å². The number of aromatic nitrogens is 2. The summed E-state index contributed by atoms with van der Waals surface area (Å²) in [6.45, 7) is 2.02. The van der Waals surface area contributed by atoms with E-state index in [9.17, 15) is 4.79 Å². The Bertz CT molecular complexity index is 1090. The minimum absolute atomic E-state index is 0.0721. The first-order valence-electron chi connectivity index (χ1n) is 8.83. The van der Waals surface area contributed by atoms with E-state index in [0.717, 1.165) is 40.7 Å². The van der Waals surface area contributed by atoms with Crippen molar-refractivity contribution in [2.24, 2.45) is 0 Å². The van der Waals surface area contributed by atoms with Crippen LogP contribution in [-0.4, -0.2) is 21.0 Å². The quantitative estimate of drug-likeness (QED) is 0.377. The Morgan fingerprint density at radius 2 is 2.15 bits per heavy atom. The highest BCUT2D eigenvalue weighted by molar-refractivity contribution is 7.98. The maximum absolute atomic E-state index is 13.2. The largest absolute Gasteiger partial charge is 0.331 e. The average Bonchev–Trinajstić information content (AvgIpc) is 3.02. The molecule has 8 heteroatoms. The topological polar surface area (TPSA) is 59.0 Å². The molecule has 5 nitrogen and oxygen atoms in total. The molecule has 140 valence electrons. The molecule has 1 aliphatic rings. The van der Waals surface area contributed by atoms with E-state index in [1.807, 2.05) is 37.4 Å².